The molecule has 0 radical (unpaired) electrons. The minimum Gasteiger partial charge on any atom is -0.483 e. The molecule has 1 aromatic carbocycles. The molecule has 0 saturated carbocycles. The van der Waals surface area contributed by atoms with Crippen LogP contribution in [0.4, 0.5) is 4.79 Å². The van der Waals surface area contributed by atoms with Crippen molar-refractivity contribution in [3.63, 3.8) is 0 Å². The van der Waals surface area contributed by atoms with Gasteiger partial charge in [-0.15, -0.1) is 0 Å². The molecule has 2 N–H and O–H groups in total. The third kappa shape index (κ3) is 6.69. The fraction of sp³-hybridized carbons (Fsp3) is 0.588. The highest BCUT2D eigenvalue weighted by Gasteiger charge is 2.32. The summed E-state index contributed by atoms with van der Waals surface area (Å²) in [5, 5.41) is 2.61. The number of ether oxygens (including phenoxy) is 2. The maximum absolute atomic E-state index is 12.3. The zero-order valence-corrected chi connectivity index (χ0v) is 17.8. The molecular formula is C17H27N2O6PS. The molecule has 1 amide bonds. The minimum absolute atomic E-state index is 0.0468. The fourth-order valence-electron chi connectivity index (χ4n) is 2.60. The maximum atomic E-state index is 12.3. The van der Waals surface area contributed by atoms with E-state index in [0.29, 0.717) is 24.7 Å². The first-order valence-electron chi connectivity index (χ1n) is 8.78. The summed E-state index contributed by atoms with van der Waals surface area (Å²) in [4.78, 5) is 12.0. The van der Waals surface area contributed by atoms with Crippen LogP contribution in [0.25, 0.3) is 0 Å². The van der Waals surface area contributed by atoms with E-state index in [1.54, 1.807) is 19.9 Å². The minimum atomic E-state index is -3.15. The second-order valence-corrected chi connectivity index (χ2v) is 9.31. The highest BCUT2D eigenvalue weighted by atomic mass is 32.2. The molecule has 0 unspecified atom stereocenters. The lowest BCUT2D eigenvalue weighted by atomic mass is 10.0. The zero-order valence-electron chi connectivity index (χ0n) is 16.1. The molecule has 0 saturated heterocycles. The predicted molar refractivity (Wildman–Crippen MR) is 105 cm³/mol. The van der Waals surface area contributed by atoms with Gasteiger partial charge in [0.2, 0.25) is 0 Å². The van der Waals surface area contributed by atoms with Gasteiger partial charge in [-0.25, -0.2) is 4.79 Å². The van der Waals surface area contributed by atoms with E-state index in [2.05, 4.69) is 10.0 Å². The third-order valence-electron chi connectivity index (χ3n) is 3.56. The number of amides is 1. The number of carbonyl (C=O) groups excluding carboxylic acids is 1. The predicted octanol–water partition coefficient (Wildman–Crippen LogP) is 3.91. The molecule has 10 heteroatoms. The Hall–Kier alpha value is -1.25. The largest absolute Gasteiger partial charge is 0.483 e. The van der Waals surface area contributed by atoms with Gasteiger partial charge in [-0.05, 0) is 33.8 Å². The molecule has 0 atom stereocenters. The second kappa shape index (κ2) is 9.80. The highest BCUT2D eigenvalue weighted by molar-refractivity contribution is 7.97. The van der Waals surface area contributed by atoms with E-state index in [9.17, 15) is 9.36 Å². The first-order chi connectivity index (χ1) is 12.8. The molecule has 1 aromatic rings. The van der Waals surface area contributed by atoms with Crippen LogP contribution in [0, 0.1) is 0 Å². The number of benzene rings is 1. The Kier molecular flexibility index (Phi) is 8.00. The van der Waals surface area contributed by atoms with Crippen molar-refractivity contribution < 1.29 is 27.9 Å². The van der Waals surface area contributed by atoms with E-state index >= 15 is 0 Å². The lowest BCUT2D eigenvalue weighted by Crippen LogP contribution is -2.28. The molecule has 0 fully saturated rings. The molecule has 0 aliphatic carbocycles. The van der Waals surface area contributed by atoms with Crippen LogP contribution in [0.1, 0.15) is 33.3 Å². The van der Waals surface area contributed by atoms with Crippen molar-refractivity contribution >= 4 is 25.6 Å². The number of rotatable bonds is 10. The van der Waals surface area contributed by atoms with Crippen LogP contribution in [0.15, 0.2) is 18.2 Å². The van der Waals surface area contributed by atoms with Crippen LogP contribution < -0.4 is 19.5 Å². The maximum Gasteiger partial charge on any atom is 0.413 e. The summed E-state index contributed by atoms with van der Waals surface area (Å²) in [5.41, 5.74) is 0.705. The Morgan fingerprint density at radius 3 is 2.67 bits per heavy atom. The number of fused-ring (bicyclic) bond motifs is 1. The number of carbonyl (C=O) groups is 1. The summed E-state index contributed by atoms with van der Waals surface area (Å²) in [6, 6.07) is 5.50. The summed E-state index contributed by atoms with van der Waals surface area (Å²) in [7, 11) is -3.15. The van der Waals surface area contributed by atoms with Gasteiger partial charge >= 0.3 is 13.7 Å². The molecule has 1 aliphatic rings. The SMILES string of the molecule is CCOP(=O)(CNSCNC(=O)Oc1cccc2c1OC(C)(C)C2)OCC. The summed E-state index contributed by atoms with van der Waals surface area (Å²) < 4.78 is 36.7. The van der Waals surface area contributed by atoms with Crippen LogP contribution in [0.5, 0.6) is 11.5 Å². The first kappa shape index (κ1) is 22.0. The molecule has 8 nitrogen and oxygen atoms in total. The topological polar surface area (TPSA) is 95.1 Å². The standard InChI is InChI=1S/C17H27N2O6PS/c1-5-22-26(21,23-6-2)11-19-27-12-18-16(20)24-14-9-7-8-13-10-17(3,4)25-15(13)14/h7-9,19H,5-6,10-12H2,1-4H3,(H,18,20). The van der Waals surface area contributed by atoms with Gasteiger partial charge in [0.15, 0.2) is 11.5 Å². The third-order valence-corrected chi connectivity index (χ3v) is 6.26. The van der Waals surface area contributed by atoms with Crippen LogP contribution in [0.3, 0.4) is 0 Å². The van der Waals surface area contributed by atoms with Crippen LogP contribution in [0.2, 0.25) is 0 Å². The van der Waals surface area contributed by atoms with Crippen molar-refractivity contribution in [3.05, 3.63) is 23.8 Å². The summed E-state index contributed by atoms with van der Waals surface area (Å²) in [6.45, 7) is 8.08. The van der Waals surface area contributed by atoms with Crippen molar-refractivity contribution in [1.29, 1.82) is 0 Å². The van der Waals surface area contributed by atoms with E-state index in [1.807, 2.05) is 26.0 Å². The van der Waals surface area contributed by atoms with Gasteiger partial charge in [-0.2, -0.15) is 0 Å². The van der Waals surface area contributed by atoms with E-state index in [-0.39, 0.29) is 17.8 Å². The van der Waals surface area contributed by atoms with Crippen molar-refractivity contribution in [2.24, 2.45) is 0 Å². The lowest BCUT2D eigenvalue weighted by molar-refractivity contribution is 0.133. The average molecular weight is 418 g/mol. The molecule has 152 valence electrons. The first-order valence-corrected chi connectivity index (χ1v) is 11.5. The van der Waals surface area contributed by atoms with Gasteiger partial charge in [-0.3, -0.25) is 9.29 Å². The lowest BCUT2D eigenvalue weighted by Gasteiger charge is -2.18. The number of para-hydroxylation sites is 1. The molecule has 2 rings (SSSR count). The van der Waals surface area contributed by atoms with Gasteiger partial charge in [0.1, 0.15) is 11.9 Å². The zero-order chi connectivity index (χ0) is 19.9. The Labute approximate surface area is 164 Å². The summed E-state index contributed by atoms with van der Waals surface area (Å²) >= 11 is 1.17. The number of hydrogen-bond donors (Lipinski definition) is 2. The Morgan fingerprint density at radius 2 is 2.00 bits per heavy atom. The van der Waals surface area contributed by atoms with E-state index in [0.717, 1.165) is 12.0 Å². The molecule has 1 heterocycles. The molecule has 0 spiro atoms. The average Bonchev–Trinajstić information content (AvgIpc) is 2.90. The molecule has 27 heavy (non-hydrogen) atoms. The van der Waals surface area contributed by atoms with Crippen LogP contribution in [-0.2, 0) is 20.0 Å². The smallest absolute Gasteiger partial charge is 0.413 e. The molecule has 0 bridgehead atoms. The van der Waals surface area contributed by atoms with Crippen molar-refractivity contribution in [2.75, 3.05) is 25.4 Å². The Balaban J connectivity index is 1.75. The van der Waals surface area contributed by atoms with Gasteiger partial charge in [0.05, 0.1) is 19.1 Å². The van der Waals surface area contributed by atoms with Crippen molar-refractivity contribution in [1.82, 2.24) is 10.0 Å². The normalized spacial score (nSPS) is 15.1. The van der Waals surface area contributed by atoms with Crippen molar-refractivity contribution in [2.45, 2.75) is 39.7 Å². The number of hydrogen-bond acceptors (Lipinski definition) is 8. The second-order valence-electron chi connectivity index (χ2n) is 6.39. The van der Waals surface area contributed by atoms with Gasteiger partial charge in [0.25, 0.3) is 0 Å². The van der Waals surface area contributed by atoms with Crippen LogP contribution in [-0.4, -0.2) is 37.1 Å². The van der Waals surface area contributed by atoms with Gasteiger partial charge < -0.3 is 23.8 Å². The van der Waals surface area contributed by atoms with Crippen molar-refractivity contribution in [3.8, 4) is 11.5 Å². The van der Waals surface area contributed by atoms with E-state index < -0.39 is 13.7 Å². The number of nitrogens with one attached hydrogen (secondary N) is 2. The quantitative estimate of drug-likeness (QED) is 0.256. The molecular weight excluding hydrogens is 391 g/mol. The van der Waals surface area contributed by atoms with E-state index in [4.69, 9.17) is 18.5 Å². The summed E-state index contributed by atoms with van der Waals surface area (Å²) in [5.74, 6) is 1.22. The molecule has 1 aliphatic heterocycles. The van der Waals surface area contributed by atoms with Crippen LogP contribution >= 0.6 is 19.5 Å². The fourth-order valence-corrected chi connectivity index (χ4v) is 4.93. The molecule has 0 aromatic heterocycles. The monoisotopic (exact) mass is 418 g/mol. The highest BCUT2D eigenvalue weighted by Crippen LogP contribution is 2.47. The van der Waals surface area contributed by atoms with E-state index in [1.165, 1.54) is 11.9 Å². The van der Waals surface area contributed by atoms with Gasteiger partial charge in [-0.1, -0.05) is 24.1 Å². The summed E-state index contributed by atoms with van der Waals surface area (Å²) in [6.07, 6.45) is 0.218. The Bertz CT molecular complexity index is 690. The van der Waals surface area contributed by atoms with Gasteiger partial charge in [0, 0.05) is 12.0 Å². The Morgan fingerprint density at radius 1 is 1.30 bits per heavy atom.